The molecule has 3 nitrogen and oxygen atoms in total. The Morgan fingerprint density at radius 2 is 2.13 bits per heavy atom. The molecule has 0 aromatic rings. The summed E-state index contributed by atoms with van der Waals surface area (Å²) in [5.41, 5.74) is 5.65. The van der Waals surface area contributed by atoms with E-state index in [0.29, 0.717) is 13.0 Å². The van der Waals surface area contributed by atoms with E-state index in [2.05, 4.69) is 11.9 Å². The zero-order chi connectivity index (χ0) is 11.1. The molecule has 0 aliphatic heterocycles. The molecule has 0 atom stereocenters. The van der Waals surface area contributed by atoms with Gasteiger partial charge >= 0.3 is 0 Å². The Morgan fingerprint density at radius 1 is 1.47 bits per heavy atom. The van der Waals surface area contributed by atoms with Crippen LogP contribution < -0.4 is 11.1 Å². The summed E-state index contributed by atoms with van der Waals surface area (Å²) in [4.78, 5) is 11.6. The van der Waals surface area contributed by atoms with Crippen molar-refractivity contribution in [2.75, 3.05) is 6.54 Å². The van der Waals surface area contributed by atoms with Crippen molar-refractivity contribution in [3.8, 4) is 0 Å². The van der Waals surface area contributed by atoms with Gasteiger partial charge in [0.15, 0.2) is 0 Å². The van der Waals surface area contributed by atoms with E-state index in [1.165, 1.54) is 12.8 Å². The largest absolute Gasteiger partial charge is 0.349 e. The van der Waals surface area contributed by atoms with E-state index in [0.717, 1.165) is 25.7 Å². The van der Waals surface area contributed by atoms with Crippen LogP contribution in [0.2, 0.25) is 0 Å². The summed E-state index contributed by atoms with van der Waals surface area (Å²) < 4.78 is 0. The van der Waals surface area contributed by atoms with E-state index in [1.54, 1.807) is 0 Å². The van der Waals surface area contributed by atoms with Crippen LogP contribution in [0.5, 0.6) is 0 Å². The lowest BCUT2D eigenvalue weighted by atomic mass is 9.97. The van der Waals surface area contributed by atoms with Gasteiger partial charge in [-0.1, -0.05) is 18.9 Å². The molecule has 0 aromatic heterocycles. The number of nitrogens with one attached hydrogen (secondary N) is 1. The van der Waals surface area contributed by atoms with Crippen LogP contribution in [0.25, 0.3) is 0 Å². The average molecular weight is 210 g/mol. The molecule has 3 heteroatoms. The van der Waals surface area contributed by atoms with E-state index in [4.69, 9.17) is 5.73 Å². The predicted molar refractivity (Wildman–Crippen MR) is 62.4 cm³/mol. The van der Waals surface area contributed by atoms with Gasteiger partial charge in [0.2, 0.25) is 5.91 Å². The van der Waals surface area contributed by atoms with Crippen LogP contribution in [-0.4, -0.2) is 18.0 Å². The summed E-state index contributed by atoms with van der Waals surface area (Å²) in [7, 11) is 0. The van der Waals surface area contributed by atoms with Crippen LogP contribution in [0.15, 0.2) is 12.7 Å². The van der Waals surface area contributed by atoms with E-state index in [1.807, 2.05) is 6.08 Å². The van der Waals surface area contributed by atoms with Crippen molar-refractivity contribution < 1.29 is 4.79 Å². The van der Waals surface area contributed by atoms with Crippen LogP contribution in [0.1, 0.15) is 44.9 Å². The maximum Gasteiger partial charge on any atom is 0.220 e. The second-order valence-corrected chi connectivity index (χ2v) is 4.42. The lowest BCUT2D eigenvalue weighted by molar-refractivity contribution is -0.123. The fourth-order valence-electron chi connectivity index (χ4n) is 2.20. The Labute approximate surface area is 92.1 Å². The normalized spacial score (nSPS) is 18.7. The molecule has 0 unspecified atom stereocenters. The van der Waals surface area contributed by atoms with Crippen molar-refractivity contribution in [3.05, 3.63) is 12.7 Å². The van der Waals surface area contributed by atoms with E-state index in [9.17, 15) is 4.79 Å². The molecular formula is C12H22N2O. The first-order valence-electron chi connectivity index (χ1n) is 5.84. The zero-order valence-electron chi connectivity index (χ0n) is 9.43. The molecule has 1 saturated carbocycles. The van der Waals surface area contributed by atoms with Gasteiger partial charge in [0.05, 0.1) is 5.54 Å². The van der Waals surface area contributed by atoms with Crippen molar-refractivity contribution in [2.24, 2.45) is 5.73 Å². The van der Waals surface area contributed by atoms with Gasteiger partial charge in [-0.25, -0.2) is 0 Å². The van der Waals surface area contributed by atoms with Crippen LogP contribution >= 0.6 is 0 Å². The summed E-state index contributed by atoms with van der Waals surface area (Å²) >= 11 is 0. The molecule has 0 radical (unpaired) electrons. The first-order valence-corrected chi connectivity index (χ1v) is 5.84. The number of carbonyl (C=O) groups is 1. The molecule has 1 amide bonds. The molecule has 1 fully saturated rings. The van der Waals surface area contributed by atoms with Gasteiger partial charge in [-0.3, -0.25) is 4.79 Å². The Bertz CT molecular complexity index is 220. The minimum absolute atomic E-state index is 0.0920. The van der Waals surface area contributed by atoms with Gasteiger partial charge < -0.3 is 11.1 Å². The van der Waals surface area contributed by atoms with Gasteiger partial charge in [0.1, 0.15) is 0 Å². The maximum atomic E-state index is 11.6. The van der Waals surface area contributed by atoms with Crippen molar-refractivity contribution in [3.63, 3.8) is 0 Å². The lowest BCUT2D eigenvalue weighted by Crippen LogP contribution is -2.51. The van der Waals surface area contributed by atoms with Crippen LogP contribution in [0, 0.1) is 0 Å². The highest BCUT2D eigenvalue weighted by Crippen LogP contribution is 2.28. The molecule has 1 rings (SSSR count). The number of hydrogen-bond acceptors (Lipinski definition) is 2. The number of allylic oxidation sites excluding steroid dienone is 1. The highest BCUT2D eigenvalue weighted by atomic mass is 16.1. The first kappa shape index (κ1) is 12.2. The maximum absolute atomic E-state index is 11.6. The zero-order valence-corrected chi connectivity index (χ0v) is 9.43. The molecule has 0 saturated heterocycles. The molecule has 1 aliphatic carbocycles. The lowest BCUT2D eigenvalue weighted by Gasteiger charge is -2.28. The molecule has 3 N–H and O–H groups in total. The van der Waals surface area contributed by atoms with Crippen molar-refractivity contribution in [1.29, 1.82) is 0 Å². The summed E-state index contributed by atoms with van der Waals surface area (Å²) in [6.07, 6.45) is 8.68. The third-order valence-electron chi connectivity index (χ3n) is 3.17. The van der Waals surface area contributed by atoms with Gasteiger partial charge in [0.25, 0.3) is 0 Å². The molecule has 0 bridgehead atoms. The number of amides is 1. The molecule has 86 valence electrons. The fourth-order valence-corrected chi connectivity index (χ4v) is 2.20. The van der Waals surface area contributed by atoms with Gasteiger partial charge in [0, 0.05) is 13.0 Å². The Balaban J connectivity index is 2.31. The summed E-state index contributed by atoms with van der Waals surface area (Å²) in [6.45, 7) is 4.21. The van der Waals surface area contributed by atoms with E-state index < -0.39 is 0 Å². The topological polar surface area (TPSA) is 55.1 Å². The second-order valence-electron chi connectivity index (χ2n) is 4.42. The van der Waals surface area contributed by atoms with Crippen LogP contribution in [0.3, 0.4) is 0 Å². The average Bonchev–Trinajstić information content (AvgIpc) is 2.67. The molecule has 0 aromatic carbocycles. The highest BCUT2D eigenvalue weighted by Gasteiger charge is 2.33. The number of unbranched alkanes of at least 4 members (excludes halogenated alkanes) is 1. The predicted octanol–water partition coefficient (Wildman–Crippen LogP) is 1.73. The van der Waals surface area contributed by atoms with E-state index >= 15 is 0 Å². The minimum Gasteiger partial charge on any atom is -0.349 e. The number of hydrogen-bond donors (Lipinski definition) is 2. The second kappa shape index (κ2) is 5.91. The SMILES string of the molecule is C=CCCCC(=O)NC1(CN)CCCC1. The number of rotatable bonds is 6. The molecule has 0 heterocycles. The smallest absolute Gasteiger partial charge is 0.220 e. The fraction of sp³-hybridized carbons (Fsp3) is 0.750. The summed E-state index contributed by atoms with van der Waals surface area (Å²) in [5.74, 6) is 0.143. The molecule has 0 spiro atoms. The highest BCUT2D eigenvalue weighted by molar-refractivity contribution is 5.76. The van der Waals surface area contributed by atoms with Gasteiger partial charge in [-0.2, -0.15) is 0 Å². The Hall–Kier alpha value is -0.830. The third-order valence-corrected chi connectivity index (χ3v) is 3.17. The van der Waals surface area contributed by atoms with Crippen LogP contribution in [-0.2, 0) is 4.79 Å². The monoisotopic (exact) mass is 210 g/mol. The molecular weight excluding hydrogens is 188 g/mol. The standard InChI is InChI=1S/C12H22N2O/c1-2-3-4-7-11(15)14-12(10-13)8-5-6-9-12/h2H,1,3-10,13H2,(H,14,15). The van der Waals surface area contributed by atoms with Crippen molar-refractivity contribution in [2.45, 2.75) is 50.5 Å². The Morgan fingerprint density at radius 3 is 2.67 bits per heavy atom. The first-order chi connectivity index (χ1) is 7.22. The van der Waals surface area contributed by atoms with Crippen molar-refractivity contribution >= 4 is 5.91 Å². The molecule has 15 heavy (non-hydrogen) atoms. The van der Waals surface area contributed by atoms with Crippen molar-refractivity contribution in [1.82, 2.24) is 5.32 Å². The number of nitrogens with two attached hydrogens (primary N) is 1. The Kier molecular flexibility index (Phi) is 4.82. The van der Waals surface area contributed by atoms with Gasteiger partial charge in [-0.05, 0) is 25.7 Å². The van der Waals surface area contributed by atoms with Crippen LogP contribution in [0.4, 0.5) is 0 Å². The minimum atomic E-state index is -0.0920. The number of carbonyl (C=O) groups excluding carboxylic acids is 1. The quantitative estimate of drug-likeness (QED) is 0.518. The third kappa shape index (κ3) is 3.67. The molecule has 1 aliphatic rings. The summed E-state index contributed by atoms with van der Waals surface area (Å²) in [6, 6.07) is 0. The summed E-state index contributed by atoms with van der Waals surface area (Å²) in [5, 5.41) is 3.10. The van der Waals surface area contributed by atoms with Gasteiger partial charge in [-0.15, -0.1) is 6.58 Å². The van der Waals surface area contributed by atoms with E-state index in [-0.39, 0.29) is 11.4 Å².